The molecule has 0 unspecified atom stereocenters. The highest BCUT2D eigenvalue weighted by molar-refractivity contribution is 5.76. The molecule has 2 aromatic carbocycles. The summed E-state index contributed by atoms with van der Waals surface area (Å²) in [5.74, 6) is 1.78. The summed E-state index contributed by atoms with van der Waals surface area (Å²) in [5.41, 5.74) is 3.19. The van der Waals surface area contributed by atoms with Gasteiger partial charge in [0.05, 0.1) is 17.6 Å². The Morgan fingerprint density at radius 3 is 2.76 bits per heavy atom. The Morgan fingerprint density at radius 1 is 1.16 bits per heavy atom. The summed E-state index contributed by atoms with van der Waals surface area (Å²) in [4.78, 5) is 19.6. The van der Waals surface area contributed by atoms with Gasteiger partial charge in [-0.05, 0) is 37.6 Å². The lowest BCUT2D eigenvalue weighted by molar-refractivity contribution is -0.121. The topological polar surface area (TPSA) is 67.0 Å². The van der Waals surface area contributed by atoms with Crippen LogP contribution in [0.1, 0.15) is 24.2 Å². The van der Waals surface area contributed by atoms with Crippen molar-refractivity contribution in [1.82, 2.24) is 15.3 Å². The monoisotopic (exact) mass is 337 g/mol. The molecular weight excluding hydrogens is 314 g/mol. The fraction of sp³-hybridized carbons (Fsp3) is 0.300. The SMILES string of the molecule is Cc1ccc(OCCCC(=O)NCCc2nc3ccccc3[nH]2)cc1. The maximum Gasteiger partial charge on any atom is 0.220 e. The van der Waals surface area contributed by atoms with Crippen LogP contribution in [0.5, 0.6) is 5.75 Å². The van der Waals surface area contributed by atoms with Crippen molar-refractivity contribution >= 4 is 16.9 Å². The summed E-state index contributed by atoms with van der Waals surface area (Å²) < 4.78 is 5.62. The lowest BCUT2D eigenvalue weighted by Crippen LogP contribution is -2.26. The van der Waals surface area contributed by atoms with E-state index >= 15 is 0 Å². The van der Waals surface area contributed by atoms with E-state index in [0.29, 0.717) is 32.4 Å². The summed E-state index contributed by atoms with van der Waals surface area (Å²) in [6, 6.07) is 15.8. The minimum absolute atomic E-state index is 0.0450. The van der Waals surface area contributed by atoms with Gasteiger partial charge in [0, 0.05) is 19.4 Å². The molecule has 3 aromatic rings. The van der Waals surface area contributed by atoms with Crippen LogP contribution in [-0.4, -0.2) is 29.0 Å². The van der Waals surface area contributed by atoms with Crippen LogP contribution in [0.25, 0.3) is 11.0 Å². The van der Waals surface area contributed by atoms with Crippen molar-refractivity contribution in [2.75, 3.05) is 13.2 Å². The van der Waals surface area contributed by atoms with Crippen LogP contribution < -0.4 is 10.1 Å². The average molecular weight is 337 g/mol. The first-order chi connectivity index (χ1) is 12.2. The predicted octanol–water partition coefficient (Wildman–Crippen LogP) is 3.39. The summed E-state index contributed by atoms with van der Waals surface area (Å²) in [6.07, 6.45) is 1.86. The van der Waals surface area contributed by atoms with E-state index in [1.165, 1.54) is 5.56 Å². The van der Waals surface area contributed by atoms with Crippen molar-refractivity contribution in [3.63, 3.8) is 0 Å². The molecule has 0 fully saturated rings. The number of nitrogens with zero attached hydrogens (tertiary/aromatic N) is 1. The quantitative estimate of drug-likeness (QED) is 0.619. The first kappa shape index (κ1) is 17.0. The number of amides is 1. The highest BCUT2D eigenvalue weighted by atomic mass is 16.5. The van der Waals surface area contributed by atoms with Crippen molar-refractivity contribution in [2.24, 2.45) is 0 Å². The molecule has 0 aliphatic heterocycles. The van der Waals surface area contributed by atoms with Crippen LogP contribution in [0.4, 0.5) is 0 Å². The van der Waals surface area contributed by atoms with Crippen LogP contribution in [0.3, 0.4) is 0 Å². The number of imidazole rings is 1. The zero-order valence-corrected chi connectivity index (χ0v) is 14.4. The van der Waals surface area contributed by atoms with Crippen molar-refractivity contribution in [2.45, 2.75) is 26.2 Å². The molecule has 2 N–H and O–H groups in total. The highest BCUT2D eigenvalue weighted by Gasteiger charge is 2.04. The standard InChI is InChI=1S/C20H23N3O2/c1-15-8-10-16(11-9-15)25-14-4-7-20(24)21-13-12-19-22-17-5-2-3-6-18(17)23-19/h2-3,5-6,8-11H,4,7,12-14H2,1H3,(H,21,24)(H,22,23). The minimum Gasteiger partial charge on any atom is -0.494 e. The van der Waals surface area contributed by atoms with Crippen molar-refractivity contribution in [3.05, 3.63) is 59.9 Å². The second kappa shape index (κ2) is 8.33. The molecule has 5 nitrogen and oxygen atoms in total. The van der Waals surface area contributed by atoms with Gasteiger partial charge in [-0.1, -0.05) is 29.8 Å². The largest absolute Gasteiger partial charge is 0.494 e. The normalized spacial score (nSPS) is 10.8. The predicted molar refractivity (Wildman–Crippen MR) is 98.7 cm³/mol. The fourth-order valence-electron chi connectivity index (χ4n) is 2.59. The third-order valence-corrected chi connectivity index (χ3v) is 3.96. The Labute approximate surface area is 147 Å². The number of benzene rings is 2. The van der Waals surface area contributed by atoms with E-state index in [1.54, 1.807) is 0 Å². The van der Waals surface area contributed by atoms with Gasteiger partial charge in [-0.2, -0.15) is 0 Å². The number of aromatic nitrogens is 2. The van der Waals surface area contributed by atoms with Gasteiger partial charge in [-0.15, -0.1) is 0 Å². The number of H-pyrrole nitrogens is 1. The molecule has 130 valence electrons. The van der Waals surface area contributed by atoms with E-state index in [1.807, 2.05) is 55.5 Å². The van der Waals surface area contributed by atoms with Crippen molar-refractivity contribution in [1.29, 1.82) is 0 Å². The van der Waals surface area contributed by atoms with E-state index in [2.05, 4.69) is 15.3 Å². The number of para-hydroxylation sites is 2. The Kier molecular flexibility index (Phi) is 5.67. The van der Waals surface area contributed by atoms with Gasteiger partial charge in [-0.25, -0.2) is 4.98 Å². The molecule has 0 radical (unpaired) electrons. The van der Waals surface area contributed by atoms with Gasteiger partial charge in [0.2, 0.25) is 5.91 Å². The number of rotatable bonds is 8. The van der Waals surface area contributed by atoms with E-state index in [9.17, 15) is 4.79 Å². The van der Waals surface area contributed by atoms with Crippen LogP contribution in [0.15, 0.2) is 48.5 Å². The zero-order chi connectivity index (χ0) is 17.5. The van der Waals surface area contributed by atoms with Gasteiger partial charge in [0.1, 0.15) is 11.6 Å². The van der Waals surface area contributed by atoms with Gasteiger partial charge >= 0.3 is 0 Å². The molecule has 0 spiro atoms. The van der Waals surface area contributed by atoms with Crippen molar-refractivity contribution < 1.29 is 9.53 Å². The molecule has 0 atom stereocenters. The van der Waals surface area contributed by atoms with Crippen LogP contribution in [0.2, 0.25) is 0 Å². The van der Waals surface area contributed by atoms with Gasteiger partial charge in [0.25, 0.3) is 0 Å². The van der Waals surface area contributed by atoms with Gasteiger partial charge < -0.3 is 15.0 Å². The first-order valence-corrected chi connectivity index (χ1v) is 8.60. The summed E-state index contributed by atoms with van der Waals surface area (Å²) in [6.45, 7) is 3.16. The Hall–Kier alpha value is -2.82. The summed E-state index contributed by atoms with van der Waals surface area (Å²) >= 11 is 0. The van der Waals surface area contributed by atoms with E-state index < -0.39 is 0 Å². The molecule has 1 aromatic heterocycles. The molecular formula is C20H23N3O2. The molecule has 1 heterocycles. The molecule has 0 aliphatic carbocycles. The van der Waals surface area contributed by atoms with Crippen LogP contribution >= 0.6 is 0 Å². The molecule has 0 saturated heterocycles. The van der Waals surface area contributed by atoms with Crippen LogP contribution in [-0.2, 0) is 11.2 Å². The number of nitrogens with one attached hydrogen (secondary N) is 2. The fourth-order valence-corrected chi connectivity index (χ4v) is 2.59. The number of hydrogen-bond acceptors (Lipinski definition) is 3. The highest BCUT2D eigenvalue weighted by Crippen LogP contribution is 2.12. The number of hydrogen-bond donors (Lipinski definition) is 2. The summed E-state index contributed by atoms with van der Waals surface area (Å²) in [7, 11) is 0. The molecule has 0 saturated carbocycles. The maximum atomic E-state index is 11.9. The maximum absolute atomic E-state index is 11.9. The molecule has 1 amide bonds. The van der Waals surface area contributed by atoms with E-state index in [4.69, 9.17) is 4.74 Å². The van der Waals surface area contributed by atoms with Crippen molar-refractivity contribution in [3.8, 4) is 5.75 Å². The minimum atomic E-state index is 0.0450. The number of ether oxygens (including phenoxy) is 1. The summed E-state index contributed by atoms with van der Waals surface area (Å²) in [5, 5.41) is 2.93. The third-order valence-electron chi connectivity index (χ3n) is 3.96. The number of carbonyl (C=O) groups excluding carboxylic acids is 1. The second-order valence-corrected chi connectivity index (χ2v) is 6.07. The number of carbonyl (C=O) groups is 1. The van der Waals surface area contributed by atoms with Gasteiger partial charge in [0.15, 0.2) is 0 Å². The molecule has 3 rings (SSSR count). The molecule has 0 bridgehead atoms. The molecule has 25 heavy (non-hydrogen) atoms. The van der Waals surface area contributed by atoms with Gasteiger partial charge in [-0.3, -0.25) is 4.79 Å². The Morgan fingerprint density at radius 2 is 1.96 bits per heavy atom. The van der Waals surface area contributed by atoms with E-state index in [-0.39, 0.29) is 5.91 Å². The zero-order valence-electron chi connectivity index (χ0n) is 14.4. The lowest BCUT2D eigenvalue weighted by Gasteiger charge is -2.07. The number of aryl methyl sites for hydroxylation is 1. The lowest BCUT2D eigenvalue weighted by atomic mass is 10.2. The molecule has 0 aliphatic rings. The Bertz CT molecular complexity index is 791. The molecule has 5 heteroatoms. The third kappa shape index (κ3) is 5.08. The number of aromatic amines is 1. The van der Waals surface area contributed by atoms with Crippen LogP contribution in [0, 0.1) is 6.92 Å². The Balaban J connectivity index is 1.32. The second-order valence-electron chi connectivity index (χ2n) is 6.07. The first-order valence-electron chi connectivity index (χ1n) is 8.60. The van der Waals surface area contributed by atoms with E-state index in [0.717, 1.165) is 22.6 Å². The number of fused-ring (bicyclic) bond motifs is 1. The smallest absolute Gasteiger partial charge is 0.220 e. The average Bonchev–Trinajstić information content (AvgIpc) is 3.03.